The number of piperidine rings is 1. The lowest BCUT2D eigenvalue weighted by molar-refractivity contribution is -0.141. The third kappa shape index (κ3) is 3.45. The van der Waals surface area contributed by atoms with Crippen molar-refractivity contribution in [2.45, 2.75) is 24.9 Å². The van der Waals surface area contributed by atoms with Crippen LogP contribution in [0.5, 0.6) is 0 Å². The van der Waals surface area contributed by atoms with Gasteiger partial charge in [-0.2, -0.15) is 18.2 Å². The summed E-state index contributed by atoms with van der Waals surface area (Å²) in [7, 11) is 0. The van der Waals surface area contributed by atoms with Gasteiger partial charge in [-0.1, -0.05) is 18.2 Å². The molecule has 2 heterocycles. The highest BCUT2D eigenvalue weighted by Gasteiger charge is 2.42. The van der Waals surface area contributed by atoms with Crippen LogP contribution in [-0.4, -0.2) is 29.1 Å². The number of hydrogen-bond donors (Lipinski definition) is 1. The zero-order valence-corrected chi connectivity index (χ0v) is 12.9. The molecule has 1 aromatic carbocycles. The van der Waals surface area contributed by atoms with Crippen LogP contribution in [0.3, 0.4) is 0 Å². The number of carbonyl (C=O) groups is 1. The molecule has 0 atom stereocenters. The molecule has 0 saturated carbocycles. The SMILES string of the molecule is O=C(O)c1oc(N2CCC(c3ccccc3F)CC2)nc1C(F)(F)F. The van der Waals surface area contributed by atoms with Crippen molar-refractivity contribution in [3.8, 4) is 0 Å². The Kier molecular flexibility index (Phi) is 4.40. The van der Waals surface area contributed by atoms with Crippen LogP contribution in [0.4, 0.5) is 23.6 Å². The number of rotatable bonds is 3. The van der Waals surface area contributed by atoms with Crippen molar-refractivity contribution in [3.05, 3.63) is 47.1 Å². The van der Waals surface area contributed by atoms with Crippen LogP contribution in [0.1, 0.15) is 40.6 Å². The normalized spacial score (nSPS) is 16.2. The maximum Gasteiger partial charge on any atom is 0.437 e. The summed E-state index contributed by atoms with van der Waals surface area (Å²) in [6, 6.07) is 5.99. The summed E-state index contributed by atoms with van der Waals surface area (Å²) in [5.41, 5.74) is -0.983. The van der Waals surface area contributed by atoms with Gasteiger partial charge < -0.3 is 14.4 Å². The first kappa shape index (κ1) is 17.2. The molecule has 0 radical (unpaired) electrons. The summed E-state index contributed by atoms with van der Waals surface area (Å²) in [4.78, 5) is 15.7. The number of carboxylic acid groups (broad SMARTS) is 1. The quantitative estimate of drug-likeness (QED) is 0.843. The zero-order valence-electron chi connectivity index (χ0n) is 12.9. The van der Waals surface area contributed by atoms with E-state index in [2.05, 4.69) is 4.98 Å². The first-order valence-corrected chi connectivity index (χ1v) is 7.58. The van der Waals surface area contributed by atoms with E-state index in [-0.39, 0.29) is 30.8 Å². The standard InChI is InChI=1S/C16H14F4N2O3/c17-11-4-2-1-3-10(11)9-5-7-22(8-6-9)15-21-13(16(18,19)20)12(25-15)14(23)24/h1-4,9H,5-8H2,(H,23,24). The molecule has 5 nitrogen and oxygen atoms in total. The smallest absolute Gasteiger partial charge is 0.437 e. The summed E-state index contributed by atoms with van der Waals surface area (Å²) in [5.74, 6) is -3.43. The van der Waals surface area contributed by atoms with Gasteiger partial charge in [0.15, 0.2) is 5.69 Å². The highest BCUT2D eigenvalue weighted by atomic mass is 19.4. The minimum Gasteiger partial charge on any atom is -0.475 e. The topological polar surface area (TPSA) is 66.6 Å². The third-order valence-electron chi connectivity index (χ3n) is 4.19. The second-order valence-electron chi connectivity index (χ2n) is 5.76. The highest BCUT2D eigenvalue weighted by Crippen LogP contribution is 2.36. The van der Waals surface area contributed by atoms with E-state index in [4.69, 9.17) is 9.52 Å². The summed E-state index contributed by atoms with van der Waals surface area (Å²) in [6.45, 7) is 0.575. The molecule has 1 aromatic heterocycles. The molecule has 1 aliphatic heterocycles. The van der Waals surface area contributed by atoms with E-state index in [0.717, 1.165) is 0 Å². The van der Waals surface area contributed by atoms with E-state index in [1.165, 1.54) is 11.0 Å². The van der Waals surface area contributed by atoms with Crippen LogP contribution in [-0.2, 0) is 6.18 Å². The van der Waals surface area contributed by atoms with Gasteiger partial charge >= 0.3 is 12.1 Å². The summed E-state index contributed by atoms with van der Waals surface area (Å²) >= 11 is 0. The Morgan fingerprint density at radius 1 is 1.24 bits per heavy atom. The van der Waals surface area contributed by atoms with Crippen LogP contribution < -0.4 is 4.90 Å². The monoisotopic (exact) mass is 358 g/mol. The third-order valence-corrected chi connectivity index (χ3v) is 4.19. The molecule has 0 aliphatic carbocycles. The first-order valence-electron chi connectivity index (χ1n) is 7.58. The number of alkyl halides is 3. The molecule has 25 heavy (non-hydrogen) atoms. The Morgan fingerprint density at radius 3 is 2.40 bits per heavy atom. The molecule has 0 unspecified atom stereocenters. The number of hydrogen-bond acceptors (Lipinski definition) is 4. The fraction of sp³-hybridized carbons (Fsp3) is 0.375. The summed E-state index contributed by atoms with van der Waals surface area (Å²) in [6.07, 6.45) is -3.93. The molecule has 2 aromatic rings. The number of aromatic carboxylic acids is 1. The van der Waals surface area contributed by atoms with Crippen molar-refractivity contribution < 1.29 is 31.9 Å². The van der Waals surface area contributed by atoms with Gasteiger partial charge in [0.25, 0.3) is 6.01 Å². The van der Waals surface area contributed by atoms with Gasteiger partial charge in [-0.05, 0) is 30.4 Å². The molecule has 1 N–H and O–H groups in total. The van der Waals surface area contributed by atoms with Crippen molar-refractivity contribution in [1.82, 2.24) is 4.98 Å². The van der Waals surface area contributed by atoms with Crippen LogP contribution in [0.25, 0.3) is 0 Å². The van der Waals surface area contributed by atoms with Crippen molar-refractivity contribution in [2.75, 3.05) is 18.0 Å². The molecule has 0 bridgehead atoms. The average Bonchev–Trinajstić information content (AvgIpc) is 3.01. The van der Waals surface area contributed by atoms with E-state index >= 15 is 0 Å². The maximum absolute atomic E-state index is 13.8. The number of nitrogens with zero attached hydrogens (tertiary/aromatic N) is 2. The molecule has 134 valence electrons. The molecule has 3 rings (SSSR count). The molecule has 9 heteroatoms. The van der Waals surface area contributed by atoms with Crippen LogP contribution >= 0.6 is 0 Å². The number of anilines is 1. The molecular weight excluding hydrogens is 344 g/mol. The van der Waals surface area contributed by atoms with E-state index in [1.54, 1.807) is 18.2 Å². The van der Waals surface area contributed by atoms with Gasteiger partial charge in [-0.25, -0.2) is 9.18 Å². The van der Waals surface area contributed by atoms with Crippen LogP contribution in [0, 0.1) is 5.82 Å². The van der Waals surface area contributed by atoms with Crippen molar-refractivity contribution in [1.29, 1.82) is 0 Å². The Labute approximate surface area is 139 Å². The molecular formula is C16H14F4N2O3. The lowest BCUT2D eigenvalue weighted by Gasteiger charge is -2.31. The van der Waals surface area contributed by atoms with Crippen molar-refractivity contribution >= 4 is 12.0 Å². The number of carboxylic acids is 1. The second kappa shape index (κ2) is 6.38. The lowest BCUT2D eigenvalue weighted by Crippen LogP contribution is -2.33. The predicted molar refractivity (Wildman–Crippen MR) is 79.1 cm³/mol. The average molecular weight is 358 g/mol. The van der Waals surface area contributed by atoms with E-state index < -0.39 is 23.6 Å². The number of oxazole rings is 1. The van der Waals surface area contributed by atoms with Crippen molar-refractivity contribution in [3.63, 3.8) is 0 Å². The highest BCUT2D eigenvalue weighted by molar-refractivity contribution is 5.86. The molecule has 0 amide bonds. The fourth-order valence-corrected chi connectivity index (χ4v) is 2.97. The lowest BCUT2D eigenvalue weighted by atomic mass is 9.89. The maximum atomic E-state index is 13.8. The summed E-state index contributed by atoms with van der Waals surface area (Å²) in [5, 5.41) is 8.87. The molecule has 1 aliphatic rings. The van der Waals surface area contributed by atoms with Crippen molar-refractivity contribution in [2.24, 2.45) is 0 Å². The number of benzene rings is 1. The Hall–Kier alpha value is -2.58. The van der Waals surface area contributed by atoms with Gasteiger partial charge in [0.05, 0.1) is 0 Å². The van der Waals surface area contributed by atoms with Crippen LogP contribution in [0.2, 0.25) is 0 Å². The Balaban J connectivity index is 1.77. The van der Waals surface area contributed by atoms with E-state index in [0.29, 0.717) is 18.4 Å². The van der Waals surface area contributed by atoms with Gasteiger partial charge in [0.1, 0.15) is 5.82 Å². The predicted octanol–water partition coefficient (Wildman–Crippen LogP) is 3.91. The minimum atomic E-state index is -4.92. The zero-order chi connectivity index (χ0) is 18.2. The van der Waals surface area contributed by atoms with E-state index in [1.807, 2.05) is 0 Å². The van der Waals surface area contributed by atoms with E-state index in [9.17, 15) is 22.4 Å². The van der Waals surface area contributed by atoms with Gasteiger partial charge in [-0.15, -0.1) is 0 Å². The Morgan fingerprint density at radius 2 is 1.88 bits per heavy atom. The fourth-order valence-electron chi connectivity index (χ4n) is 2.97. The minimum absolute atomic E-state index is 0.0616. The van der Waals surface area contributed by atoms with Gasteiger partial charge in [0.2, 0.25) is 5.76 Å². The molecule has 1 saturated heterocycles. The second-order valence-corrected chi connectivity index (χ2v) is 5.76. The van der Waals surface area contributed by atoms with Gasteiger partial charge in [-0.3, -0.25) is 0 Å². The molecule has 1 fully saturated rings. The number of aromatic nitrogens is 1. The Bertz CT molecular complexity index is 780. The van der Waals surface area contributed by atoms with Gasteiger partial charge in [0, 0.05) is 13.1 Å². The largest absolute Gasteiger partial charge is 0.475 e. The summed E-state index contributed by atoms with van der Waals surface area (Å²) < 4.78 is 57.3. The van der Waals surface area contributed by atoms with Crippen LogP contribution in [0.15, 0.2) is 28.7 Å². The first-order chi connectivity index (χ1) is 11.8. The number of halogens is 4. The molecule has 0 spiro atoms.